The first-order chi connectivity index (χ1) is 16.3. The van der Waals surface area contributed by atoms with Crippen molar-refractivity contribution in [3.8, 4) is 166 Å². The van der Waals surface area contributed by atoms with E-state index in [0.29, 0.717) is 0 Å². The molecule has 0 bridgehead atoms. The SMILES string of the molecule is C#CC#CC#CC#CC#CC#CC#CP(C#CC#CC#CC#CC#CC#CC#CC)SB=S. The van der Waals surface area contributed by atoms with Gasteiger partial charge in [-0.25, -0.2) is 0 Å². The van der Waals surface area contributed by atoms with E-state index in [1.165, 1.54) is 16.7 Å². The topological polar surface area (TPSA) is 0 Å². The van der Waals surface area contributed by atoms with Gasteiger partial charge in [-0.2, -0.15) is 0 Å². The normalized spacial score (nSPS) is 5.58. The summed E-state index contributed by atoms with van der Waals surface area (Å²) in [5, 5.41) is 0. The van der Waals surface area contributed by atoms with Crippen LogP contribution in [-0.4, -0.2) is 5.43 Å². The molecule has 33 heavy (non-hydrogen) atoms. The van der Waals surface area contributed by atoms with Crippen molar-refractivity contribution in [1.82, 2.24) is 0 Å². The minimum atomic E-state index is -1.05. The van der Waals surface area contributed by atoms with E-state index in [2.05, 4.69) is 159 Å². The summed E-state index contributed by atoms with van der Waals surface area (Å²) in [7, 11) is -1.05. The molecule has 0 fully saturated rings. The van der Waals surface area contributed by atoms with Crippen molar-refractivity contribution in [2.45, 2.75) is 6.92 Å². The van der Waals surface area contributed by atoms with Crippen LogP contribution in [0.4, 0.5) is 0 Å². The van der Waals surface area contributed by atoms with E-state index in [4.69, 9.17) is 18.5 Å². The molecule has 0 aromatic carbocycles. The fraction of sp³-hybridized carbons (Fsp3) is 0.0345. The van der Waals surface area contributed by atoms with Gasteiger partial charge in [0.15, 0.2) is 0 Å². The maximum atomic E-state index is 4.94. The summed E-state index contributed by atoms with van der Waals surface area (Å²) in [5.41, 5.74) is 7.32. The molecule has 140 valence electrons. The molecular weight excluding hydrogens is 454 g/mol. The Bertz CT molecular complexity index is 1650. The Labute approximate surface area is 207 Å². The quantitative estimate of drug-likeness (QED) is 0.355. The van der Waals surface area contributed by atoms with Crippen molar-refractivity contribution in [2.75, 3.05) is 0 Å². The molecule has 0 radical (unpaired) electrons. The zero-order valence-corrected chi connectivity index (χ0v) is 19.4. The fourth-order valence-electron chi connectivity index (χ4n) is 0.973. The molecule has 0 N–H and O–H groups in total. The number of rotatable bonds is 2. The van der Waals surface area contributed by atoms with Crippen molar-refractivity contribution >= 4 is 35.8 Å². The molecule has 0 amide bonds. The molecule has 1 atom stereocenters. The molecule has 0 aliphatic rings. The number of hydrogen-bond donors (Lipinski definition) is 0. The molecule has 0 aromatic heterocycles. The van der Waals surface area contributed by atoms with Crippen LogP contribution in [0.1, 0.15) is 6.92 Å². The Morgan fingerprint density at radius 3 is 1.12 bits per heavy atom. The predicted octanol–water partition coefficient (Wildman–Crippen LogP) is 2.46. The summed E-state index contributed by atoms with van der Waals surface area (Å²) >= 11 is 6.16. The van der Waals surface area contributed by atoms with Gasteiger partial charge in [0, 0.05) is 0 Å². The van der Waals surface area contributed by atoms with Crippen molar-refractivity contribution in [1.29, 1.82) is 0 Å². The molecule has 1 unspecified atom stereocenters. The Balaban J connectivity index is 4.87. The van der Waals surface area contributed by atoms with Gasteiger partial charge in [-0.15, -0.1) is 6.42 Å². The maximum absolute atomic E-state index is 4.94. The zero-order valence-electron chi connectivity index (χ0n) is 16.9. The average molecular weight is 458 g/mol. The second-order valence-corrected chi connectivity index (χ2v) is 7.73. The van der Waals surface area contributed by atoms with Gasteiger partial charge in [-0.05, 0) is 42.4 Å². The van der Waals surface area contributed by atoms with E-state index in [1.807, 2.05) is 0 Å². The molecule has 0 aliphatic carbocycles. The summed E-state index contributed by atoms with van der Waals surface area (Å²) in [6.07, 6.45) is 4.94. The van der Waals surface area contributed by atoms with Gasteiger partial charge in [0.1, 0.15) is 0 Å². The first kappa shape index (κ1) is 27.9. The molecule has 4 heteroatoms. The Kier molecular flexibility index (Phi) is 21.1. The van der Waals surface area contributed by atoms with E-state index < -0.39 is 7.12 Å². The van der Waals surface area contributed by atoms with Crippen molar-refractivity contribution in [3.63, 3.8) is 0 Å². The van der Waals surface area contributed by atoms with E-state index >= 15 is 0 Å². The second kappa shape index (κ2) is 24.9. The van der Waals surface area contributed by atoms with Crippen molar-refractivity contribution in [2.24, 2.45) is 0 Å². The molecule has 0 spiro atoms. The monoisotopic (exact) mass is 458 g/mol. The molecule has 0 saturated heterocycles. The third kappa shape index (κ3) is 23.1. The van der Waals surface area contributed by atoms with Gasteiger partial charge in [0.2, 0.25) is 0 Å². The van der Waals surface area contributed by atoms with E-state index in [9.17, 15) is 0 Å². The molecule has 0 aliphatic heterocycles. The summed E-state index contributed by atoms with van der Waals surface area (Å²) in [4.78, 5) is 0. The average Bonchev–Trinajstić information content (AvgIpc) is 2.82. The van der Waals surface area contributed by atoms with Gasteiger partial charge in [-0.1, -0.05) is 5.92 Å². The number of hydrogen-bond acceptors (Lipinski definition) is 2. The Morgan fingerprint density at radius 1 is 0.515 bits per heavy atom. The molecule has 0 rings (SSSR count). The van der Waals surface area contributed by atoms with Gasteiger partial charge >= 0.3 is 154 Å². The zero-order chi connectivity index (χ0) is 24.1. The molecule has 0 saturated carbocycles. The van der Waals surface area contributed by atoms with Crippen LogP contribution in [0.3, 0.4) is 0 Å². The first-order valence-electron chi connectivity index (χ1n) is 8.14. The van der Waals surface area contributed by atoms with Crippen LogP contribution in [0.15, 0.2) is 0 Å². The van der Waals surface area contributed by atoms with Crippen LogP contribution in [0.2, 0.25) is 0 Å². The third-order valence-corrected chi connectivity index (χ3v) is 5.11. The first-order valence-corrected chi connectivity index (χ1v) is 11.4. The molecular formula is C29H4BPS2. The summed E-state index contributed by atoms with van der Waals surface area (Å²) in [5.74, 6) is 63.0. The van der Waals surface area contributed by atoms with Crippen LogP contribution < -0.4 is 0 Å². The van der Waals surface area contributed by atoms with Gasteiger partial charge < -0.3 is 0 Å². The van der Waals surface area contributed by atoms with Crippen LogP contribution in [-0.2, 0) is 0 Å². The summed E-state index contributed by atoms with van der Waals surface area (Å²) in [6.45, 7) is 1.69. The van der Waals surface area contributed by atoms with Crippen LogP contribution in [0.5, 0.6) is 0 Å². The Hall–Kier alpha value is -5.10. The van der Waals surface area contributed by atoms with E-state index in [-0.39, 0.29) is 0 Å². The van der Waals surface area contributed by atoms with Crippen LogP contribution >= 0.6 is 30.4 Å². The standard InChI is InChI=1S/C29H4BPS2/c1-3-5-7-9-11-13-15-17-19-21-23-25-27-29-31(33-30-32)28-26-24-22-20-18-16-14-12-10-8-6-4-2/h2H,1H3. The third-order valence-electron chi connectivity index (χ3n) is 1.97. The molecule has 0 heterocycles. The van der Waals surface area contributed by atoms with E-state index in [0.717, 1.165) is 0 Å². The fourth-order valence-corrected chi connectivity index (χ4v) is 3.16. The van der Waals surface area contributed by atoms with Crippen molar-refractivity contribution in [3.05, 3.63) is 0 Å². The van der Waals surface area contributed by atoms with Gasteiger partial charge in [0.25, 0.3) is 0 Å². The minimum absolute atomic E-state index is 1.05. The number of terminal acetylenes is 1. The second-order valence-electron chi connectivity index (χ2n) is 3.99. The summed E-state index contributed by atoms with van der Waals surface area (Å²) < 4.78 is 0. The predicted molar refractivity (Wildman–Crippen MR) is 143 cm³/mol. The van der Waals surface area contributed by atoms with Gasteiger partial charge in [0.05, 0.1) is 0 Å². The Morgan fingerprint density at radius 2 is 0.818 bits per heavy atom. The molecule has 0 aromatic rings. The van der Waals surface area contributed by atoms with Crippen molar-refractivity contribution < 1.29 is 0 Å². The van der Waals surface area contributed by atoms with Gasteiger partial charge in [-0.3, -0.25) is 0 Å². The van der Waals surface area contributed by atoms with Crippen LogP contribution in [0, 0.1) is 166 Å². The van der Waals surface area contributed by atoms with E-state index in [1.54, 1.807) is 6.92 Å². The molecule has 0 nitrogen and oxygen atoms in total. The summed E-state index contributed by atoms with van der Waals surface area (Å²) in [6, 6.07) is 0. The van der Waals surface area contributed by atoms with Crippen LogP contribution in [0.25, 0.3) is 0 Å².